The monoisotopic (exact) mass is 382 g/mol. The van der Waals surface area contributed by atoms with Gasteiger partial charge in [-0.3, -0.25) is 4.98 Å². The molecule has 0 saturated carbocycles. The number of hydrogen-bond acceptors (Lipinski definition) is 9. The summed E-state index contributed by atoms with van der Waals surface area (Å²) in [5.74, 6) is 0.882. The largest absolute Gasteiger partial charge is 0.475 e. The minimum absolute atomic E-state index is 0.0103. The van der Waals surface area contributed by atoms with E-state index in [9.17, 15) is 0 Å². The molecule has 1 aliphatic heterocycles. The molecule has 0 amide bonds. The molecule has 0 aliphatic carbocycles. The van der Waals surface area contributed by atoms with Crippen LogP contribution in [0.25, 0.3) is 21.3 Å². The summed E-state index contributed by atoms with van der Waals surface area (Å²) in [4.78, 5) is 19.7. The maximum atomic E-state index is 5.56. The minimum atomic E-state index is -0.0103. The molecule has 0 aromatic carbocycles. The first-order valence-corrected chi connectivity index (χ1v) is 9.42. The first-order chi connectivity index (χ1) is 13.1. The average Bonchev–Trinajstić information content (AvgIpc) is 3.08. The fourth-order valence-electron chi connectivity index (χ4n) is 2.53. The number of fused-ring (bicyclic) bond motifs is 1. The summed E-state index contributed by atoms with van der Waals surface area (Å²) in [6.07, 6.45) is 4.13. The van der Waals surface area contributed by atoms with Crippen LogP contribution in [0, 0.1) is 6.92 Å². The minimum Gasteiger partial charge on any atom is -0.475 e. The summed E-state index contributed by atoms with van der Waals surface area (Å²) in [5, 5.41) is 13.5. The molecule has 3 aromatic rings. The molecule has 0 atom stereocenters. The lowest BCUT2D eigenvalue weighted by Crippen LogP contribution is -2.21. The molecule has 27 heavy (non-hydrogen) atoms. The number of pyridine rings is 1. The number of aryl methyl sites for hydroxylation is 1. The average molecular weight is 382 g/mol. The first kappa shape index (κ1) is 17.5. The van der Waals surface area contributed by atoms with Crippen LogP contribution in [-0.4, -0.2) is 43.6 Å². The van der Waals surface area contributed by atoms with E-state index in [1.165, 1.54) is 11.3 Å². The van der Waals surface area contributed by atoms with Gasteiger partial charge in [-0.05, 0) is 32.9 Å². The Balaban J connectivity index is 1.73. The second kappa shape index (κ2) is 7.36. The third kappa shape index (κ3) is 3.63. The van der Waals surface area contributed by atoms with Gasteiger partial charge in [0.05, 0.1) is 17.2 Å². The van der Waals surface area contributed by atoms with E-state index in [-0.39, 0.29) is 6.10 Å². The van der Waals surface area contributed by atoms with Gasteiger partial charge in [0.2, 0.25) is 0 Å². The Bertz CT molecular complexity index is 987. The van der Waals surface area contributed by atoms with E-state index in [1.807, 2.05) is 32.9 Å². The molecule has 4 heterocycles. The van der Waals surface area contributed by atoms with E-state index >= 15 is 0 Å². The van der Waals surface area contributed by atoms with Crippen LogP contribution in [0.2, 0.25) is 0 Å². The predicted molar refractivity (Wildman–Crippen MR) is 102 cm³/mol. The summed E-state index contributed by atoms with van der Waals surface area (Å²) in [5.41, 5.74) is 3.09. The fourth-order valence-corrected chi connectivity index (χ4v) is 3.52. The summed E-state index contributed by atoms with van der Waals surface area (Å²) in [6.45, 7) is 6.26. The Morgan fingerprint density at radius 1 is 1.26 bits per heavy atom. The van der Waals surface area contributed by atoms with Gasteiger partial charge < -0.3 is 9.57 Å². The second-order valence-corrected chi connectivity index (χ2v) is 7.25. The number of oxime groups is 1. The Kier molecular flexibility index (Phi) is 4.76. The van der Waals surface area contributed by atoms with E-state index in [2.05, 4.69) is 30.3 Å². The Morgan fingerprint density at radius 2 is 2.15 bits per heavy atom. The molecule has 0 N–H and O–H groups in total. The van der Waals surface area contributed by atoms with Crippen LogP contribution in [0.1, 0.15) is 31.7 Å². The summed E-state index contributed by atoms with van der Waals surface area (Å²) in [7, 11) is 0. The summed E-state index contributed by atoms with van der Waals surface area (Å²) < 4.78 is 5.56. The molecule has 1 aliphatic rings. The van der Waals surface area contributed by atoms with Crippen molar-refractivity contribution in [1.82, 2.24) is 25.1 Å². The normalized spacial score (nSPS) is 14.9. The van der Waals surface area contributed by atoms with E-state index in [4.69, 9.17) is 9.57 Å². The van der Waals surface area contributed by atoms with Crippen molar-refractivity contribution in [2.24, 2.45) is 5.16 Å². The number of rotatable bonds is 4. The van der Waals surface area contributed by atoms with Crippen LogP contribution in [0.3, 0.4) is 0 Å². The number of hydrogen-bond donors (Lipinski definition) is 0. The lowest BCUT2D eigenvalue weighted by molar-refractivity contribution is 0.0848. The van der Waals surface area contributed by atoms with Crippen molar-refractivity contribution in [2.45, 2.75) is 33.3 Å². The molecule has 0 bridgehead atoms. The zero-order valence-electron chi connectivity index (χ0n) is 15.2. The van der Waals surface area contributed by atoms with Crippen LogP contribution >= 0.6 is 11.3 Å². The van der Waals surface area contributed by atoms with Gasteiger partial charge in [0.1, 0.15) is 16.8 Å². The van der Waals surface area contributed by atoms with E-state index < -0.39 is 0 Å². The van der Waals surface area contributed by atoms with Crippen molar-refractivity contribution in [3.8, 4) is 27.2 Å². The predicted octanol–water partition coefficient (Wildman–Crippen LogP) is 3.28. The highest BCUT2D eigenvalue weighted by atomic mass is 32.1. The van der Waals surface area contributed by atoms with Gasteiger partial charge in [-0.15, -0.1) is 21.5 Å². The summed E-state index contributed by atoms with van der Waals surface area (Å²) in [6, 6.07) is 3.86. The topological polar surface area (TPSA) is 95.3 Å². The summed E-state index contributed by atoms with van der Waals surface area (Å²) >= 11 is 1.51. The smallest absolute Gasteiger partial charge is 0.261 e. The molecule has 0 unspecified atom stereocenters. The van der Waals surface area contributed by atoms with E-state index in [1.54, 1.807) is 12.4 Å². The Labute approximate surface area is 160 Å². The van der Waals surface area contributed by atoms with Crippen molar-refractivity contribution in [3.05, 3.63) is 35.9 Å². The SMILES string of the molecule is Cc1nc(-c2cccnc2)sc1-c1nnc2c(n1)C(=NOC(C)C)CCO2. The first-order valence-electron chi connectivity index (χ1n) is 8.60. The highest BCUT2D eigenvalue weighted by Crippen LogP contribution is 2.34. The number of thiazole rings is 1. The van der Waals surface area contributed by atoms with Crippen molar-refractivity contribution < 1.29 is 9.57 Å². The zero-order chi connectivity index (χ0) is 18.8. The number of ether oxygens (including phenoxy) is 1. The van der Waals surface area contributed by atoms with Crippen LogP contribution in [0.5, 0.6) is 5.88 Å². The van der Waals surface area contributed by atoms with E-state index in [0.717, 1.165) is 26.9 Å². The highest BCUT2D eigenvalue weighted by Gasteiger charge is 2.24. The van der Waals surface area contributed by atoms with Crippen molar-refractivity contribution in [1.29, 1.82) is 0 Å². The molecule has 3 aromatic heterocycles. The zero-order valence-corrected chi connectivity index (χ0v) is 16.0. The highest BCUT2D eigenvalue weighted by molar-refractivity contribution is 7.18. The fraction of sp³-hybridized carbons (Fsp3) is 0.333. The lowest BCUT2D eigenvalue weighted by Gasteiger charge is -2.16. The molecule has 138 valence electrons. The molecule has 0 spiro atoms. The van der Waals surface area contributed by atoms with Gasteiger partial charge in [-0.2, -0.15) is 0 Å². The standard InChI is InChI=1S/C18H18N6O2S/c1-10(2)26-24-13-6-8-25-17-14(13)21-16(22-23-17)15-11(3)20-18(27-15)12-5-4-7-19-9-12/h4-5,7,9-10H,6,8H2,1-3H3. The van der Waals surface area contributed by atoms with Crippen LogP contribution in [-0.2, 0) is 4.84 Å². The van der Waals surface area contributed by atoms with Crippen LogP contribution < -0.4 is 4.74 Å². The molecular weight excluding hydrogens is 364 g/mol. The van der Waals surface area contributed by atoms with Gasteiger partial charge in [0.15, 0.2) is 11.5 Å². The molecule has 4 rings (SSSR count). The maximum Gasteiger partial charge on any atom is 0.261 e. The van der Waals surface area contributed by atoms with Crippen LogP contribution in [0.4, 0.5) is 0 Å². The van der Waals surface area contributed by atoms with Gasteiger partial charge >= 0.3 is 0 Å². The maximum absolute atomic E-state index is 5.56. The van der Waals surface area contributed by atoms with Gasteiger partial charge in [0, 0.05) is 24.4 Å². The Hall–Kier alpha value is -2.94. The third-order valence-corrected chi connectivity index (χ3v) is 4.99. The second-order valence-electron chi connectivity index (χ2n) is 6.26. The van der Waals surface area contributed by atoms with E-state index in [0.29, 0.717) is 30.4 Å². The Morgan fingerprint density at radius 3 is 2.93 bits per heavy atom. The molecule has 0 radical (unpaired) electrons. The molecule has 0 saturated heterocycles. The number of aromatic nitrogens is 5. The van der Waals surface area contributed by atoms with Gasteiger partial charge in [0.25, 0.3) is 5.88 Å². The molecule has 8 nitrogen and oxygen atoms in total. The lowest BCUT2D eigenvalue weighted by atomic mass is 10.2. The molecule has 9 heteroatoms. The quantitative estimate of drug-likeness (QED) is 0.639. The van der Waals surface area contributed by atoms with Gasteiger partial charge in [-0.25, -0.2) is 9.97 Å². The van der Waals surface area contributed by atoms with Gasteiger partial charge in [-0.1, -0.05) is 5.16 Å². The number of nitrogens with zero attached hydrogens (tertiary/aromatic N) is 6. The van der Waals surface area contributed by atoms with Crippen LogP contribution in [0.15, 0.2) is 29.7 Å². The van der Waals surface area contributed by atoms with Crippen molar-refractivity contribution in [3.63, 3.8) is 0 Å². The van der Waals surface area contributed by atoms with Crippen molar-refractivity contribution in [2.75, 3.05) is 6.61 Å². The third-order valence-electron chi connectivity index (χ3n) is 3.79. The molecular formula is C18H18N6O2S. The van der Waals surface area contributed by atoms with Crippen molar-refractivity contribution >= 4 is 17.0 Å². The molecule has 0 fully saturated rings.